The molecule has 0 fully saturated rings. The first-order valence-corrected chi connectivity index (χ1v) is 6.49. The number of aromatic nitrogens is 2. The van der Waals surface area contributed by atoms with Crippen molar-refractivity contribution in [2.75, 3.05) is 7.11 Å². The Labute approximate surface area is 123 Å². The van der Waals surface area contributed by atoms with Crippen molar-refractivity contribution < 1.29 is 19.7 Å². The molecule has 0 aliphatic rings. The third-order valence-electron chi connectivity index (χ3n) is 3.02. The highest BCUT2D eigenvalue weighted by Gasteiger charge is 2.19. The van der Waals surface area contributed by atoms with Gasteiger partial charge in [0.25, 0.3) is 0 Å². The van der Waals surface area contributed by atoms with Crippen LogP contribution in [-0.2, 0) is 7.05 Å². The van der Waals surface area contributed by atoms with Gasteiger partial charge in [-0.25, -0.2) is 4.79 Å². The smallest absolute Gasteiger partial charge is 0.356 e. The van der Waals surface area contributed by atoms with Gasteiger partial charge in [0.15, 0.2) is 5.69 Å². The number of aromatic hydroxyl groups is 1. The number of benzene rings is 1. The molecule has 0 aliphatic heterocycles. The van der Waals surface area contributed by atoms with Crippen molar-refractivity contribution in [3.63, 3.8) is 0 Å². The average molecular weight is 341 g/mol. The fraction of sp³-hybridized carbons (Fsp3) is 0.231. The van der Waals surface area contributed by atoms with Crippen LogP contribution in [0.15, 0.2) is 16.6 Å². The van der Waals surface area contributed by atoms with Gasteiger partial charge < -0.3 is 14.9 Å². The van der Waals surface area contributed by atoms with Crippen LogP contribution in [0.1, 0.15) is 16.1 Å². The van der Waals surface area contributed by atoms with E-state index in [1.807, 2.05) is 0 Å². The Kier molecular flexibility index (Phi) is 3.71. The lowest BCUT2D eigenvalue weighted by atomic mass is 10.1. The number of nitrogens with zero attached hydrogens (tertiary/aromatic N) is 2. The lowest BCUT2D eigenvalue weighted by Crippen LogP contribution is -1.99. The summed E-state index contributed by atoms with van der Waals surface area (Å²) in [5, 5.41) is 23.1. The van der Waals surface area contributed by atoms with Crippen LogP contribution in [0.2, 0.25) is 0 Å². The van der Waals surface area contributed by atoms with Gasteiger partial charge >= 0.3 is 5.97 Å². The fourth-order valence-corrected chi connectivity index (χ4v) is 2.71. The van der Waals surface area contributed by atoms with E-state index in [9.17, 15) is 9.90 Å². The van der Waals surface area contributed by atoms with Gasteiger partial charge in [0.05, 0.1) is 17.3 Å². The Morgan fingerprint density at radius 1 is 1.45 bits per heavy atom. The molecule has 2 aromatic rings. The lowest BCUT2D eigenvalue weighted by Gasteiger charge is -2.13. The Hall–Kier alpha value is -2.02. The summed E-state index contributed by atoms with van der Waals surface area (Å²) in [6, 6.07) is 3.08. The minimum absolute atomic E-state index is 0.0324. The number of phenols is 1. The first-order valence-electron chi connectivity index (χ1n) is 5.70. The van der Waals surface area contributed by atoms with E-state index in [0.717, 1.165) is 0 Å². The molecule has 0 saturated heterocycles. The highest BCUT2D eigenvalue weighted by Crippen LogP contribution is 2.42. The topological polar surface area (TPSA) is 84.6 Å². The van der Waals surface area contributed by atoms with Crippen molar-refractivity contribution in [1.82, 2.24) is 9.78 Å². The maximum Gasteiger partial charge on any atom is 0.356 e. The van der Waals surface area contributed by atoms with Gasteiger partial charge in [-0.1, -0.05) is 0 Å². The summed E-state index contributed by atoms with van der Waals surface area (Å²) in [4.78, 5) is 10.9. The molecule has 0 spiro atoms. The molecule has 0 unspecified atom stereocenters. The molecule has 0 saturated carbocycles. The Morgan fingerprint density at radius 3 is 2.60 bits per heavy atom. The zero-order valence-corrected chi connectivity index (χ0v) is 12.7. The van der Waals surface area contributed by atoms with Crippen molar-refractivity contribution in [2.45, 2.75) is 6.92 Å². The molecule has 1 aromatic carbocycles. The SMILES string of the molecule is COc1c(Br)cc(-c2cc(C(=O)O)nn2C)c(O)c1C. The number of carbonyl (C=O) groups is 1. The van der Waals surface area contributed by atoms with Gasteiger partial charge in [-0.15, -0.1) is 0 Å². The van der Waals surface area contributed by atoms with Gasteiger partial charge in [0.2, 0.25) is 0 Å². The summed E-state index contributed by atoms with van der Waals surface area (Å²) in [5.74, 6) is -0.549. The van der Waals surface area contributed by atoms with Crippen molar-refractivity contribution in [1.29, 1.82) is 0 Å². The number of carboxylic acids is 1. The zero-order valence-electron chi connectivity index (χ0n) is 11.1. The van der Waals surface area contributed by atoms with E-state index in [0.29, 0.717) is 27.0 Å². The summed E-state index contributed by atoms with van der Waals surface area (Å²) in [7, 11) is 3.13. The van der Waals surface area contributed by atoms with E-state index < -0.39 is 5.97 Å². The second-order valence-electron chi connectivity index (χ2n) is 4.26. The Morgan fingerprint density at radius 2 is 2.10 bits per heavy atom. The predicted octanol–water partition coefficient (Wildman–Crippen LogP) is 2.57. The van der Waals surface area contributed by atoms with Crippen LogP contribution in [-0.4, -0.2) is 33.1 Å². The van der Waals surface area contributed by atoms with E-state index in [4.69, 9.17) is 9.84 Å². The Bertz CT molecular complexity index is 694. The second kappa shape index (κ2) is 5.16. The van der Waals surface area contributed by atoms with Crippen LogP contribution in [0.4, 0.5) is 0 Å². The minimum atomic E-state index is -1.12. The second-order valence-corrected chi connectivity index (χ2v) is 5.11. The summed E-state index contributed by atoms with van der Waals surface area (Å²) < 4.78 is 7.28. The quantitative estimate of drug-likeness (QED) is 0.896. The zero-order chi connectivity index (χ0) is 15.0. The van der Waals surface area contributed by atoms with Crippen LogP contribution in [0.5, 0.6) is 11.5 Å². The number of halogens is 1. The molecule has 6 nitrogen and oxygen atoms in total. The first-order chi connectivity index (χ1) is 9.36. The molecule has 0 amide bonds. The number of phenolic OH excluding ortho intramolecular Hbond substituents is 1. The van der Waals surface area contributed by atoms with Gasteiger partial charge in [0, 0.05) is 18.2 Å². The number of hydrogen-bond acceptors (Lipinski definition) is 4. The van der Waals surface area contributed by atoms with E-state index in [1.165, 1.54) is 17.9 Å². The molecule has 0 atom stereocenters. The van der Waals surface area contributed by atoms with Crippen molar-refractivity contribution in [2.24, 2.45) is 7.05 Å². The molecule has 0 radical (unpaired) electrons. The number of hydrogen-bond donors (Lipinski definition) is 2. The minimum Gasteiger partial charge on any atom is -0.507 e. The number of ether oxygens (including phenoxy) is 1. The average Bonchev–Trinajstić information content (AvgIpc) is 2.77. The molecular weight excluding hydrogens is 328 g/mol. The van der Waals surface area contributed by atoms with Crippen LogP contribution in [0.25, 0.3) is 11.3 Å². The van der Waals surface area contributed by atoms with Crippen LogP contribution in [0.3, 0.4) is 0 Å². The van der Waals surface area contributed by atoms with Gasteiger partial charge in [-0.05, 0) is 35.0 Å². The van der Waals surface area contributed by atoms with E-state index in [2.05, 4.69) is 21.0 Å². The maximum atomic E-state index is 10.9. The molecule has 2 rings (SSSR count). The third-order valence-corrected chi connectivity index (χ3v) is 3.61. The number of aryl methyl sites for hydroxylation is 1. The number of methoxy groups -OCH3 is 1. The molecule has 20 heavy (non-hydrogen) atoms. The maximum absolute atomic E-state index is 10.9. The number of carboxylic acid groups (broad SMARTS) is 1. The predicted molar refractivity (Wildman–Crippen MR) is 76.3 cm³/mol. The standard InChI is InChI=1S/C13H13BrN2O4/c1-6-11(17)7(4-8(14)12(6)20-3)10-5-9(13(18)19)15-16(10)2/h4-5,17H,1-3H3,(H,18,19). The fourth-order valence-electron chi connectivity index (χ4n) is 2.02. The number of aromatic carboxylic acids is 1. The molecule has 2 N–H and O–H groups in total. The van der Waals surface area contributed by atoms with Crippen molar-refractivity contribution >= 4 is 21.9 Å². The molecule has 106 valence electrons. The number of rotatable bonds is 3. The van der Waals surface area contributed by atoms with Crippen LogP contribution in [0, 0.1) is 6.92 Å². The Balaban J connectivity index is 2.67. The van der Waals surface area contributed by atoms with E-state index in [-0.39, 0.29) is 11.4 Å². The first kappa shape index (κ1) is 14.4. The van der Waals surface area contributed by atoms with Gasteiger partial charge in [-0.2, -0.15) is 5.10 Å². The highest BCUT2D eigenvalue weighted by molar-refractivity contribution is 9.10. The largest absolute Gasteiger partial charge is 0.507 e. The van der Waals surface area contributed by atoms with Crippen LogP contribution >= 0.6 is 15.9 Å². The van der Waals surface area contributed by atoms with E-state index in [1.54, 1.807) is 20.0 Å². The monoisotopic (exact) mass is 340 g/mol. The molecule has 1 aromatic heterocycles. The summed E-state index contributed by atoms with van der Waals surface area (Å²) in [5.41, 5.74) is 1.48. The molecule has 0 aliphatic carbocycles. The summed E-state index contributed by atoms with van der Waals surface area (Å²) in [6.07, 6.45) is 0. The van der Waals surface area contributed by atoms with Gasteiger partial charge in [-0.3, -0.25) is 4.68 Å². The highest BCUT2D eigenvalue weighted by atomic mass is 79.9. The van der Waals surface area contributed by atoms with Crippen molar-refractivity contribution in [3.8, 4) is 22.8 Å². The van der Waals surface area contributed by atoms with Crippen molar-refractivity contribution in [3.05, 3.63) is 27.9 Å². The molecule has 1 heterocycles. The van der Waals surface area contributed by atoms with E-state index >= 15 is 0 Å². The van der Waals surface area contributed by atoms with Crippen LogP contribution < -0.4 is 4.74 Å². The molecular formula is C13H13BrN2O4. The third kappa shape index (κ3) is 2.24. The summed E-state index contributed by atoms with van der Waals surface area (Å²) >= 11 is 3.37. The van der Waals surface area contributed by atoms with Gasteiger partial charge in [0.1, 0.15) is 11.5 Å². The molecule has 7 heteroatoms. The lowest BCUT2D eigenvalue weighted by molar-refractivity contribution is 0.0689. The summed E-state index contributed by atoms with van der Waals surface area (Å²) in [6.45, 7) is 1.72. The normalized spacial score (nSPS) is 10.6. The molecule has 0 bridgehead atoms.